The number of ether oxygens (including phenoxy) is 1. The lowest BCUT2D eigenvalue weighted by atomic mass is 10.2. The maximum atomic E-state index is 14.2. The Bertz CT molecular complexity index is 1360. The van der Waals surface area contributed by atoms with Crippen LogP contribution in [0, 0.1) is 5.82 Å². The number of rotatable bonds is 8. The maximum Gasteiger partial charge on any atom is 0.245 e. The number of pyridine rings is 1. The van der Waals surface area contributed by atoms with Gasteiger partial charge in [0.05, 0.1) is 43.2 Å². The van der Waals surface area contributed by atoms with Gasteiger partial charge in [-0.15, -0.1) is 0 Å². The van der Waals surface area contributed by atoms with Gasteiger partial charge in [-0.3, -0.25) is 4.98 Å². The Balaban J connectivity index is 1.15. The van der Waals surface area contributed by atoms with E-state index in [4.69, 9.17) is 4.74 Å². The van der Waals surface area contributed by atoms with Crippen LogP contribution >= 0.6 is 0 Å². The highest BCUT2D eigenvalue weighted by Gasteiger charge is 2.17. The van der Waals surface area contributed by atoms with Gasteiger partial charge >= 0.3 is 0 Å². The molecule has 2 aromatic carbocycles. The summed E-state index contributed by atoms with van der Waals surface area (Å²) in [6.07, 6.45) is 4.36. The summed E-state index contributed by atoms with van der Waals surface area (Å²) in [4.78, 5) is 14.4. The Morgan fingerprint density at radius 1 is 0.892 bits per heavy atom. The van der Waals surface area contributed by atoms with Crippen LogP contribution in [0.15, 0.2) is 78.2 Å². The zero-order chi connectivity index (χ0) is 25.5. The quantitative estimate of drug-likeness (QED) is 0.205. The number of anilines is 6. The lowest BCUT2D eigenvalue weighted by molar-refractivity contribution is 0.122. The smallest absolute Gasteiger partial charge is 0.245 e. The van der Waals surface area contributed by atoms with Crippen molar-refractivity contribution in [1.29, 1.82) is 0 Å². The first-order valence-electron chi connectivity index (χ1n) is 11.7. The Labute approximate surface area is 212 Å². The molecular weight excluding hydrogens is 475 g/mol. The predicted molar refractivity (Wildman–Crippen MR) is 142 cm³/mol. The molecule has 10 nitrogen and oxygen atoms in total. The molecule has 37 heavy (non-hydrogen) atoms. The molecular formula is C26H25FN8O2. The van der Waals surface area contributed by atoms with Crippen molar-refractivity contribution in [3.05, 3.63) is 84.6 Å². The van der Waals surface area contributed by atoms with Crippen LogP contribution in [0.3, 0.4) is 0 Å². The molecule has 0 unspecified atom stereocenters. The molecule has 0 bridgehead atoms. The number of morpholine rings is 1. The normalized spacial score (nSPS) is 13.5. The van der Waals surface area contributed by atoms with Gasteiger partial charge in [-0.1, -0.05) is 6.07 Å². The third-order valence-electron chi connectivity index (χ3n) is 5.49. The zero-order valence-corrected chi connectivity index (χ0v) is 19.8. The van der Waals surface area contributed by atoms with Crippen molar-refractivity contribution < 1.29 is 14.2 Å². The molecule has 4 aromatic rings. The standard InChI is InChI=1S/C26H25FN8O2/c27-24-17-29-26(33-25(24)35-10-12-37-13-11-35)34-30-16-21-8-9-22(15-28-21)32-19-6-4-18(5-7-19)31-20-2-1-3-23(36)14-20/h1-9,14-17,31-32,36H,10-13H2,(H,29,33,34)/b30-16+. The molecule has 0 atom stereocenters. The van der Waals surface area contributed by atoms with Gasteiger partial charge in [0, 0.05) is 36.2 Å². The fourth-order valence-corrected chi connectivity index (χ4v) is 3.67. The van der Waals surface area contributed by atoms with Crippen molar-refractivity contribution in [2.75, 3.05) is 47.3 Å². The first-order valence-corrected chi connectivity index (χ1v) is 11.7. The number of benzene rings is 2. The minimum Gasteiger partial charge on any atom is -0.508 e. The zero-order valence-electron chi connectivity index (χ0n) is 19.8. The average molecular weight is 501 g/mol. The second kappa shape index (κ2) is 11.3. The second-order valence-corrected chi connectivity index (χ2v) is 8.18. The van der Waals surface area contributed by atoms with Crippen molar-refractivity contribution in [2.45, 2.75) is 0 Å². The summed E-state index contributed by atoms with van der Waals surface area (Å²) >= 11 is 0. The highest BCUT2D eigenvalue weighted by molar-refractivity contribution is 5.78. The molecule has 1 saturated heterocycles. The van der Waals surface area contributed by atoms with Crippen LogP contribution < -0.4 is 21.0 Å². The van der Waals surface area contributed by atoms with Crippen molar-refractivity contribution in [1.82, 2.24) is 15.0 Å². The van der Waals surface area contributed by atoms with E-state index in [9.17, 15) is 9.50 Å². The summed E-state index contributed by atoms with van der Waals surface area (Å²) in [6, 6.07) is 18.4. The minimum absolute atomic E-state index is 0.194. The van der Waals surface area contributed by atoms with Crippen LogP contribution in [0.2, 0.25) is 0 Å². The van der Waals surface area contributed by atoms with E-state index in [1.54, 1.807) is 24.4 Å². The fraction of sp³-hybridized carbons (Fsp3) is 0.154. The van der Waals surface area contributed by atoms with Crippen molar-refractivity contribution >= 4 is 40.7 Å². The average Bonchev–Trinajstić information content (AvgIpc) is 2.92. The molecule has 1 aliphatic heterocycles. The van der Waals surface area contributed by atoms with E-state index < -0.39 is 5.82 Å². The predicted octanol–water partition coefficient (Wildman–Crippen LogP) is 4.49. The number of hydrogen-bond acceptors (Lipinski definition) is 10. The molecule has 0 amide bonds. The Morgan fingerprint density at radius 3 is 2.32 bits per heavy atom. The van der Waals surface area contributed by atoms with E-state index in [0.29, 0.717) is 32.0 Å². The van der Waals surface area contributed by atoms with E-state index in [0.717, 1.165) is 28.9 Å². The third-order valence-corrected chi connectivity index (χ3v) is 5.49. The Morgan fingerprint density at radius 2 is 1.62 bits per heavy atom. The maximum absolute atomic E-state index is 14.2. The van der Waals surface area contributed by atoms with Gasteiger partial charge in [-0.25, -0.2) is 14.8 Å². The van der Waals surface area contributed by atoms with Crippen LogP contribution in [0.25, 0.3) is 0 Å². The number of hydrazone groups is 1. The molecule has 1 aliphatic rings. The summed E-state index contributed by atoms with van der Waals surface area (Å²) < 4.78 is 19.5. The number of aromatic nitrogens is 3. The van der Waals surface area contributed by atoms with Gasteiger partial charge < -0.3 is 25.4 Å². The summed E-state index contributed by atoms with van der Waals surface area (Å²) in [5, 5.41) is 20.2. The number of hydrogen-bond donors (Lipinski definition) is 4. The van der Waals surface area contributed by atoms with Gasteiger partial charge in [0.2, 0.25) is 5.95 Å². The largest absolute Gasteiger partial charge is 0.508 e. The van der Waals surface area contributed by atoms with Crippen LogP contribution in [0.5, 0.6) is 5.75 Å². The first kappa shape index (κ1) is 23.9. The fourth-order valence-electron chi connectivity index (χ4n) is 3.67. The summed E-state index contributed by atoms with van der Waals surface area (Å²) in [5.41, 5.74) is 6.77. The molecule has 5 rings (SSSR count). The molecule has 0 radical (unpaired) electrons. The molecule has 188 valence electrons. The van der Waals surface area contributed by atoms with E-state index in [2.05, 4.69) is 36.1 Å². The summed E-state index contributed by atoms with van der Waals surface area (Å²) in [6.45, 7) is 2.20. The van der Waals surface area contributed by atoms with Crippen LogP contribution in [-0.2, 0) is 4.74 Å². The molecule has 0 saturated carbocycles. The van der Waals surface area contributed by atoms with Crippen molar-refractivity contribution in [2.24, 2.45) is 5.10 Å². The van der Waals surface area contributed by atoms with Crippen LogP contribution in [-0.4, -0.2) is 52.6 Å². The number of halogens is 1. The highest BCUT2D eigenvalue weighted by atomic mass is 19.1. The minimum atomic E-state index is -0.483. The first-order chi connectivity index (χ1) is 18.1. The van der Waals surface area contributed by atoms with E-state index in [-0.39, 0.29) is 17.5 Å². The summed E-state index contributed by atoms with van der Waals surface area (Å²) in [5.74, 6) is 0.150. The molecule has 4 N–H and O–H groups in total. The van der Waals surface area contributed by atoms with E-state index in [1.165, 1.54) is 6.21 Å². The lowest BCUT2D eigenvalue weighted by Gasteiger charge is -2.27. The van der Waals surface area contributed by atoms with Crippen LogP contribution in [0.4, 0.5) is 38.9 Å². The topological polar surface area (TPSA) is 120 Å². The van der Waals surface area contributed by atoms with Gasteiger partial charge in [-0.2, -0.15) is 10.1 Å². The van der Waals surface area contributed by atoms with E-state index in [1.807, 2.05) is 47.4 Å². The van der Waals surface area contributed by atoms with Gasteiger partial charge in [0.15, 0.2) is 11.6 Å². The highest BCUT2D eigenvalue weighted by Crippen LogP contribution is 2.23. The number of phenols is 1. The molecule has 3 heterocycles. The number of aromatic hydroxyl groups is 1. The van der Waals surface area contributed by atoms with Crippen molar-refractivity contribution in [3.63, 3.8) is 0 Å². The van der Waals surface area contributed by atoms with Gasteiger partial charge in [0.25, 0.3) is 0 Å². The molecule has 11 heteroatoms. The summed E-state index contributed by atoms with van der Waals surface area (Å²) in [7, 11) is 0. The number of nitrogens with zero attached hydrogens (tertiary/aromatic N) is 5. The number of phenolic OH excluding ortho intramolecular Hbond substituents is 1. The third kappa shape index (κ3) is 6.47. The lowest BCUT2D eigenvalue weighted by Crippen LogP contribution is -2.37. The Hall–Kier alpha value is -4.77. The number of nitrogens with one attached hydrogen (secondary N) is 3. The monoisotopic (exact) mass is 500 g/mol. The molecule has 1 fully saturated rings. The molecule has 2 aromatic heterocycles. The van der Waals surface area contributed by atoms with E-state index >= 15 is 0 Å². The molecule has 0 spiro atoms. The molecule has 0 aliphatic carbocycles. The Kier molecular flexibility index (Phi) is 7.32. The van der Waals surface area contributed by atoms with Crippen LogP contribution in [0.1, 0.15) is 5.69 Å². The SMILES string of the molecule is Oc1cccc(Nc2ccc(Nc3ccc(/C=N/Nc4ncc(F)c(N5CCOCC5)n4)nc3)cc2)c1. The second-order valence-electron chi connectivity index (χ2n) is 8.18. The van der Waals surface area contributed by atoms with Gasteiger partial charge in [-0.05, 0) is 48.5 Å². The van der Waals surface area contributed by atoms with Crippen molar-refractivity contribution in [3.8, 4) is 5.75 Å². The van der Waals surface area contributed by atoms with Gasteiger partial charge in [0.1, 0.15) is 5.75 Å².